The molecule has 1 aromatic rings. The van der Waals surface area contributed by atoms with Gasteiger partial charge in [-0.15, -0.1) is 0 Å². The summed E-state index contributed by atoms with van der Waals surface area (Å²) in [5.41, 5.74) is 0.272. The van der Waals surface area contributed by atoms with Gasteiger partial charge in [0, 0.05) is 6.42 Å². The first-order chi connectivity index (χ1) is 11.7. The Kier molecular flexibility index (Phi) is 5.94. The van der Waals surface area contributed by atoms with Gasteiger partial charge in [0.15, 0.2) is 0 Å². The van der Waals surface area contributed by atoms with E-state index in [0.29, 0.717) is 12.3 Å². The van der Waals surface area contributed by atoms with E-state index in [2.05, 4.69) is 31.0 Å². The van der Waals surface area contributed by atoms with Gasteiger partial charge in [-0.25, -0.2) is 0 Å². The second-order valence-corrected chi connectivity index (χ2v) is 7.69. The molecule has 0 aromatic heterocycles. The molecular weight excluding hydrogens is 296 g/mol. The fourth-order valence-corrected chi connectivity index (χ4v) is 4.20. The molecule has 3 nitrogen and oxygen atoms in total. The summed E-state index contributed by atoms with van der Waals surface area (Å²) in [7, 11) is 2.27. The maximum Gasteiger partial charge on any atom is 0.139 e. The van der Waals surface area contributed by atoms with Crippen molar-refractivity contribution in [3.8, 4) is 11.8 Å². The summed E-state index contributed by atoms with van der Waals surface area (Å²) in [6, 6.07) is 10.2. The largest absolute Gasteiger partial charge is 0.384 e. The SMILES string of the molecule is C[NH+]1CC[NH+](CC#CC[C@](O)(c2ccccc2)C2CCCC2)CC1. The predicted molar refractivity (Wildman–Crippen MR) is 96.9 cm³/mol. The van der Waals surface area contributed by atoms with Gasteiger partial charge in [0.2, 0.25) is 0 Å². The van der Waals surface area contributed by atoms with Gasteiger partial charge < -0.3 is 14.9 Å². The van der Waals surface area contributed by atoms with Gasteiger partial charge in [0.25, 0.3) is 0 Å². The number of hydrogen-bond acceptors (Lipinski definition) is 1. The summed E-state index contributed by atoms with van der Waals surface area (Å²) >= 11 is 0. The first kappa shape index (κ1) is 17.5. The van der Waals surface area contributed by atoms with Crippen molar-refractivity contribution in [1.29, 1.82) is 0 Å². The molecule has 0 amide bonds. The maximum atomic E-state index is 11.4. The number of aliphatic hydroxyl groups is 1. The van der Waals surface area contributed by atoms with Crippen molar-refractivity contribution in [2.45, 2.75) is 37.7 Å². The van der Waals surface area contributed by atoms with E-state index in [-0.39, 0.29) is 0 Å². The summed E-state index contributed by atoms with van der Waals surface area (Å²) in [6.07, 6.45) is 5.29. The molecule has 0 radical (unpaired) electrons. The van der Waals surface area contributed by atoms with E-state index in [4.69, 9.17) is 0 Å². The normalized spacial score (nSPS) is 27.2. The first-order valence-electron chi connectivity index (χ1n) is 9.57. The van der Waals surface area contributed by atoms with Crippen LogP contribution in [0.2, 0.25) is 0 Å². The molecule has 1 aromatic carbocycles. The fraction of sp³-hybridized carbons (Fsp3) is 0.619. The van der Waals surface area contributed by atoms with Crippen LogP contribution in [0.5, 0.6) is 0 Å². The van der Waals surface area contributed by atoms with Crippen LogP contribution in [-0.4, -0.2) is 44.9 Å². The van der Waals surface area contributed by atoms with E-state index < -0.39 is 5.60 Å². The van der Waals surface area contributed by atoms with Crippen molar-refractivity contribution >= 4 is 0 Å². The maximum absolute atomic E-state index is 11.4. The van der Waals surface area contributed by atoms with Crippen LogP contribution in [0, 0.1) is 17.8 Å². The van der Waals surface area contributed by atoms with E-state index in [1.54, 1.807) is 9.80 Å². The molecule has 24 heavy (non-hydrogen) atoms. The minimum Gasteiger partial charge on any atom is -0.384 e. The van der Waals surface area contributed by atoms with Crippen LogP contribution >= 0.6 is 0 Å². The molecule has 2 fully saturated rings. The zero-order valence-corrected chi connectivity index (χ0v) is 15.0. The van der Waals surface area contributed by atoms with E-state index in [0.717, 1.165) is 24.9 Å². The third-order valence-electron chi connectivity index (χ3n) is 5.94. The topological polar surface area (TPSA) is 29.1 Å². The van der Waals surface area contributed by atoms with Crippen molar-refractivity contribution in [2.75, 3.05) is 39.8 Å². The van der Waals surface area contributed by atoms with Crippen molar-refractivity contribution < 1.29 is 14.9 Å². The molecule has 3 rings (SSSR count). The Hall–Kier alpha value is -1.34. The molecular formula is C21H32N2O+2. The zero-order chi connectivity index (χ0) is 16.8. The van der Waals surface area contributed by atoms with Crippen LogP contribution < -0.4 is 9.80 Å². The van der Waals surface area contributed by atoms with Gasteiger partial charge in [0.05, 0.1) is 7.05 Å². The molecule has 1 saturated carbocycles. The molecule has 1 aliphatic carbocycles. The molecule has 130 valence electrons. The van der Waals surface area contributed by atoms with Gasteiger partial charge in [-0.1, -0.05) is 49.1 Å². The Morgan fingerprint density at radius 3 is 2.38 bits per heavy atom. The Balaban J connectivity index is 1.64. The molecule has 1 aliphatic heterocycles. The van der Waals surface area contributed by atoms with Crippen molar-refractivity contribution in [3.05, 3.63) is 35.9 Å². The lowest BCUT2D eigenvalue weighted by atomic mass is 9.78. The molecule has 2 aliphatic rings. The van der Waals surface area contributed by atoms with Crippen LogP contribution in [0.15, 0.2) is 30.3 Å². The molecule has 1 saturated heterocycles. The molecule has 3 N–H and O–H groups in total. The minimum atomic E-state index is -0.771. The summed E-state index contributed by atoms with van der Waals surface area (Å²) in [5, 5.41) is 11.4. The lowest BCUT2D eigenvalue weighted by Crippen LogP contribution is -3.26. The number of nitrogens with one attached hydrogen (secondary N) is 2. The number of likely N-dealkylation sites (N-methyl/N-ethyl adjacent to an activating group) is 1. The number of benzene rings is 1. The van der Waals surface area contributed by atoms with Gasteiger partial charge >= 0.3 is 0 Å². The Labute approximate surface area is 146 Å². The molecule has 1 heterocycles. The second kappa shape index (κ2) is 8.16. The summed E-state index contributed by atoms with van der Waals surface area (Å²) in [5.74, 6) is 7.05. The number of hydrogen-bond donors (Lipinski definition) is 3. The van der Waals surface area contributed by atoms with E-state index in [9.17, 15) is 5.11 Å². The Morgan fingerprint density at radius 2 is 1.71 bits per heavy atom. The number of rotatable bonds is 4. The van der Waals surface area contributed by atoms with Gasteiger partial charge in [0.1, 0.15) is 38.3 Å². The molecule has 0 spiro atoms. The highest BCUT2D eigenvalue weighted by atomic mass is 16.3. The molecule has 0 bridgehead atoms. The Bertz CT molecular complexity index is 562. The van der Waals surface area contributed by atoms with Gasteiger partial charge in [-0.05, 0) is 30.2 Å². The Morgan fingerprint density at radius 1 is 1.04 bits per heavy atom. The van der Waals surface area contributed by atoms with Crippen molar-refractivity contribution in [3.63, 3.8) is 0 Å². The second-order valence-electron chi connectivity index (χ2n) is 7.69. The number of piperazine rings is 1. The van der Waals surface area contributed by atoms with E-state index >= 15 is 0 Å². The quantitative estimate of drug-likeness (QED) is 0.661. The van der Waals surface area contributed by atoms with Crippen molar-refractivity contribution in [2.24, 2.45) is 5.92 Å². The molecule has 0 unspecified atom stereocenters. The summed E-state index contributed by atoms with van der Waals surface area (Å²) in [4.78, 5) is 3.23. The standard InChI is InChI=1S/C21H30N2O/c1-22-15-17-23(18-16-22)14-8-7-13-21(24,20-11-5-6-12-20)19-9-3-2-4-10-19/h2-4,9-10,20,24H,5-6,11-18H2,1H3/p+2/t21-/m0/s1. The average molecular weight is 329 g/mol. The van der Waals surface area contributed by atoms with Gasteiger partial charge in [-0.3, -0.25) is 0 Å². The van der Waals surface area contributed by atoms with Gasteiger partial charge in [-0.2, -0.15) is 0 Å². The minimum absolute atomic E-state index is 0.355. The van der Waals surface area contributed by atoms with E-state index in [1.807, 2.05) is 18.2 Å². The van der Waals surface area contributed by atoms with Crippen LogP contribution in [0.4, 0.5) is 0 Å². The predicted octanol–water partition coefficient (Wildman–Crippen LogP) is -0.129. The summed E-state index contributed by atoms with van der Waals surface area (Å²) in [6.45, 7) is 5.83. The van der Waals surface area contributed by atoms with Crippen LogP contribution in [-0.2, 0) is 5.60 Å². The lowest BCUT2D eigenvalue weighted by molar-refractivity contribution is -1.000. The van der Waals surface area contributed by atoms with Crippen LogP contribution in [0.1, 0.15) is 37.7 Å². The van der Waals surface area contributed by atoms with E-state index in [1.165, 1.54) is 39.0 Å². The fourth-order valence-electron chi connectivity index (χ4n) is 4.20. The highest BCUT2D eigenvalue weighted by Crippen LogP contribution is 2.42. The van der Waals surface area contributed by atoms with Crippen LogP contribution in [0.3, 0.4) is 0 Å². The third kappa shape index (κ3) is 4.19. The highest BCUT2D eigenvalue weighted by Gasteiger charge is 2.39. The first-order valence-corrected chi connectivity index (χ1v) is 9.57. The van der Waals surface area contributed by atoms with Crippen LogP contribution in [0.25, 0.3) is 0 Å². The third-order valence-corrected chi connectivity index (χ3v) is 5.94. The number of quaternary nitrogens is 2. The smallest absolute Gasteiger partial charge is 0.139 e. The zero-order valence-electron chi connectivity index (χ0n) is 15.0. The molecule has 1 atom stereocenters. The van der Waals surface area contributed by atoms with Crippen molar-refractivity contribution in [1.82, 2.24) is 0 Å². The highest BCUT2D eigenvalue weighted by molar-refractivity contribution is 5.26. The lowest BCUT2D eigenvalue weighted by Gasteiger charge is -2.33. The average Bonchev–Trinajstić information content (AvgIpc) is 3.16. The summed E-state index contributed by atoms with van der Waals surface area (Å²) < 4.78 is 0. The monoisotopic (exact) mass is 328 g/mol. The molecule has 3 heteroatoms.